The second kappa shape index (κ2) is 10.1. The molecule has 0 saturated carbocycles. The molecule has 0 bridgehead atoms. The van der Waals surface area contributed by atoms with E-state index in [9.17, 15) is 4.39 Å². The fourth-order valence-electron chi connectivity index (χ4n) is 5.96. The summed E-state index contributed by atoms with van der Waals surface area (Å²) < 4.78 is 17.4. The predicted molar refractivity (Wildman–Crippen MR) is 152 cm³/mol. The second-order valence-corrected chi connectivity index (χ2v) is 11.9. The first-order valence-electron chi connectivity index (χ1n) is 13.6. The van der Waals surface area contributed by atoms with E-state index >= 15 is 0 Å². The first-order chi connectivity index (χ1) is 19.1. The lowest BCUT2D eigenvalue weighted by Crippen LogP contribution is -2.34. The number of hydrogen-bond donors (Lipinski definition) is 1. The summed E-state index contributed by atoms with van der Waals surface area (Å²) in [4.78, 5) is 6.93. The van der Waals surface area contributed by atoms with Gasteiger partial charge in [0.05, 0.1) is 38.3 Å². The van der Waals surface area contributed by atoms with Crippen LogP contribution < -0.4 is 0 Å². The zero-order valence-corrected chi connectivity index (χ0v) is 22.7. The van der Waals surface area contributed by atoms with Crippen LogP contribution in [0, 0.1) is 12.7 Å². The molecule has 9 heteroatoms. The first kappa shape index (κ1) is 24.4. The Labute approximate surface area is 230 Å². The topological polar surface area (TPSA) is 75.5 Å². The molecular weight excluding hydrogens is 509 g/mol. The number of rotatable bonds is 5. The maximum atomic E-state index is 14.2. The number of aromatic nitrogens is 6. The third-order valence-electron chi connectivity index (χ3n) is 7.99. The fourth-order valence-corrected chi connectivity index (χ4v) is 6.83. The van der Waals surface area contributed by atoms with E-state index in [0.29, 0.717) is 12.5 Å². The van der Waals surface area contributed by atoms with Gasteiger partial charge in [0.25, 0.3) is 0 Å². The molecule has 0 radical (unpaired) electrons. The van der Waals surface area contributed by atoms with Crippen LogP contribution in [0.25, 0.3) is 27.6 Å². The fraction of sp³-hybridized carbons (Fsp3) is 0.333. The Balaban J connectivity index is 1.05. The number of aryl methyl sites for hydroxylation is 1. The Bertz CT molecular complexity index is 1660. The van der Waals surface area contributed by atoms with Crippen LogP contribution in [-0.4, -0.2) is 48.2 Å². The number of fused-ring (bicyclic) bond motifs is 2. The molecule has 0 amide bonds. The molecule has 2 aliphatic rings. The molecular formula is C30H30FN7S. The van der Waals surface area contributed by atoms with Crippen LogP contribution in [0.2, 0.25) is 0 Å². The standard InChI is InChI=1S/C30H30FN7S/c1-19-32-27-12-8-20(15-29(27)39-19)30-24-11-9-23(10-13-26(24)33-35-30)38-18-28(34-36-38)22-6-4-14-37(17-22)16-21-5-2-3-7-25(21)31/h2-3,5,7-8,10,12-13,15,18,22-23H,4,6,9,11,14,16-17H2,1H3,(H,33,35)/t22-,23?/m1/s1. The number of nitrogens with one attached hydrogen (secondary N) is 1. The van der Waals surface area contributed by atoms with Crippen molar-refractivity contribution in [1.82, 2.24) is 35.1 Å². The molecule has 1 N–H and O–H groups in total. The maximum absolute atomic E-state index is 14.2. The van der Waals surface area contributed by atoms with Crippen LogP contribution in [0.5, 0.6) is 0 Å². The molecule has 2 aromatic carbocycles. The second-order valence-electron chi connectivity index (χ2n) is 10.6. The smallest absolute Gasteiger partial charge is 0.127 e. The molecule has 39 heavy (non-hydrogen) atoms. The van der Waals surface area contributed by atoms with Gasteiger partial charge >= 0.3 is 0 Å². The lowest BCUT2D eigenvalue weighted by atomic mass is 9.95. The molecule has 7 nitrogen and oxygen atoms in total. The van der Waals surface area contributed by atoms with Gasteiger partial charge in [-0.15, -0.1) is 16.4 Å². The maximum Gasteiger partial charge on any atom is 0.127 e. The highest BCUT2D eigenvalue weighted by Crippen LogP contribution is 2.34. The van der Waals surface area contributed by atoms with Crippen LogP contribution in [0.1, 0.15) is 58.7 Å². The number of nitrogens with zero attached hydrogens (tertiary/aromatic N) is 6. The number of piperidine rings is 1. The van der Waals surface area contributed by atoms with Crippen molar-refractivity contribution in [2.75, 3.05) is 13.1 Å². The summed E-state index contributed by atoms with van der Waals surface area (Å²) in [5.74, 6) is 0.177. The minimum atomic E-state index is -0.131. The highest BCUT2D eigenvalue weighted by atomic mass is 32.1. The predicted octanol–water partition coefficient (Wildman–Crippen LogP) is 6.31. The molecule has 7 rings (SSSR count). The lowest BCUT2D eigenvalue weighted by Gasteiger charge is -2.31. The van der Waals surface area contributed by atoms with Crippen molar-refractivity contribution in [2.45, 2.75) is 51.1 Å². The summed E-state index contributed by atoms with van der Waals surface area (Å²) in [6.45, 7) is 4.53. The number of allylic oxidation sites excluding steroid dienone is 1. The Hall–Kier alpha value is -3.69. The molecule has 2 atom stereocenters. The van der Waals surface area contributed by atoms with Gasteiger partial charge in [0.15, 0.2) is 0 Å². The van der Waals surface area contributed by atoms with Gasteiger partial charge in [-0.05, 0) is 63.4 Å². The molecule has 4 heterocycles. The van der Waals surface area contributed by atoms with Crippen LogP contribution in [-0.2, 0) is 13.0 Å². The number of halogens is 1. The van der Waals surface area contributed by atoms with Gasteiger partial charge in [-0.3, -0.25) is 10.00 Å². The summed E-state index contributed by atoms with van der Waals surface area (Å²) in [6, 6.07) is 13.6. The first-order valence-corrected chi connectivity index (χ1v) is 14.4. The summed E-state index contributed by atoms with van der Waals surface area (Å²) >= 11 is 1.72. The van der Waals surface area contributed by atoms with Crippen molar-refractivity contribution in [3.05, 3.63) is 88.1 Å². The van der Waals surface area contributed by atoms with Gasteiger partial charge < -0.3 is 0 Å². The molecule has 1 aliphatic heterocycles. The van der Waals surface area contributed by atoms with Crippen LogP contribution in [0.4, 0.5) is 4.39 Å². The highest BCUT2D eigenvalue weighted by molar-refractivity contribution is 7.18. The Morgan fingerprint density at radius 1 is 1.15 bits per heavy atom. The number of H-pyrrole nitrogens is 1. The lowest BCUT2D eigenvalue weighted by molar-refractivity contribution is 0.196. The average Bonchev–Trinajstić information content (AvgIpc) is 3.65. The molecule has 198 valence electrons. The van der Waals surface area contributed by atoms with Gasteiger partial charge in [0.1, 0.15) is 5.82 Å². The molecule has 0 spiro atoms. The quantitative estimate of drug-likeness (QED) is 0.283. The van der Waals surface area contributed by atoms with E-state index in [1.54, 1.807) is 17.4 Å². The summed E-state index contributed by atoms with van der Waals surface area (Å²) in [7, 11) is 0. The SMILES string of the molecule is Cc1nc2ccc(-c3n[nH]c4c3CCC(n3cc([C@@H]5CCCN(Cc6ccccc6F)C5)nn3)C=C4)cc2s1. The summed E-state index contributed by atoms with van der Waals surface area (Å²) in [6.07, 6.45) is 10.4. The largest absolute Gasteiger partial charge is 0.298 e. The van der Waals surface area contributed by atoms with E-state index in [1.165, 1.54) is 16.3 Å². The van der Waals surface area contributed by atoms with Crippen molar-refractivity contribution in [3.8, 4) is 11.3 Å². The van der Waals surface area contributed by atoms with Crippen molar-refractivity contribution in [3.63, 3.8) is 0 Å². The highest BCUT2D eigenvalue weighted by Gasteiger charge is 2.26. The molecule has 1 unspecified atom stereocenters. The summed E-state index contributed by atoms with van der Waals surface area (Å²) in [5.41, 5.74) is 7.26. The van der Waals surface area contributed by atoms with Crippen LogP contribution in [0.15, 0.2) is 54.7 Å². The normalized spacial score (nSPS) is 19.8. The van der Waals surface area contributed by atoms with E-state index in [2.05, 4.69) is 66.9 Å². The zero-order chi connectivity index (χ0) is 26.3. The number of thiazole rings is 1. The zero-order valence-electron chi connectivity index (χ0n) is 21.8. The van der Waals surface area contributed by atoms with E-state index in [4.69, 9.17) is 0 Å². The Morgan fingerprint density at radius 3 is 3.00 bits per heavy atom. The van der Waals surface area contributed by atoms with Gasteiger partial charge in [-0.2, -0.15) is 5.10 Å². The van der Waals surface area contributed by atoms with E-state index < -0.39 is 0 Å². The molecule has 3 aromatic heterocycles. The van der Waals surface area contributed by atoms with Gasteiger partial charge in [-0.1, -0.05) is 35.6 Å². The number of likely N-dealkylation sites (tertiary alicyclic amines) is 1. The van der Waals surface area contributed by atoms with Crippen molar-refractivity contribution in [1.29, 1.82) is 0 Å². The van der Waals surface area contributed by atoms with E-state index in [0.717, 1.165) is 77.5 Å². The van der Waals surface area contributed by atoms with Crippen molar-refractivity contribution < 1.29 is 4.39 Å². The molecule has 1 saturated heterocycles. The van der Waals surface area contributed by atoms with E-state index in [1.807, 2.05) is 23.7 Å². The number of aromatic amines is 1. The van der Waals surface area contributed by atoms with E-state index in [-0.39, 0.29) is 11.9 Å². The summed E-state index contributed by atoms with van der Waals surface area (Å²) in [5, 5.41) is 18.1. The van der Waals surface area contributed by atoms with Crippen LogP contribution in [0.3, 0.4) is 0 Å². The average molecular weight is 540 g/mol. The van der Waals surface area contributed by atoms with Crippen LogP contribution >= 0.6 is 11.3 Å². The Morgan fingerprint density at radius 2 is 2.08 bits per heavy atom. The minimum Gasteiger partial charge on any atom is -0.298 e. The number of hydrogen-bond acceptors (Lipinski definition) is 6. The van der Waals surface area contributed by atoms with Gasteiger partial charge in [-0.25, -0.2) is 14.1 Å². The minimum absolute atomic E-state index is 0.129. The monoisotopic (exact) mass is 539 g/mol. The molecule has 1 fully saturated rings. The van der Waals surface area contributed by atoms with Crippen molar-refractivity contribution in [2.24, 2.45) is 0 Å². The molecule has 1 aliphatic carbocycles. The third-order valence-corrected chi connectivity index (χ3v) is 8.92. The van der Waals surface area contributed by atoms with Gasteiger partial charge in [0, 0.05) is 41.9 Å². The Kier molecular flexibility index (Phi) is 6.33. The number of benzene rings is 2. The third kappa shape index (κ3) is 4.81. The van der Waals surface area contributed by atoms with Gasteiger partial charge in [0.2, 0.25) is 0 Å². The van der Waals surface area contributed by atoms with Crippen molar-refractivity contribution >= 4 is 27.6 Å². The molecule has 5 aromatic rings.